The molecule has 4 nitrogen and oxygen atoms in total. The van der Waals surface area contributed by atoms with Crippen molar-refractivity contribution >= 4 is 11.8 Å². The molecule has 1 aliphatic carbocycles. The van der Waals surface area contributed by atoms with E-state index in [1.54, 1.807) is 31.2 Å². The largest absolute Gasteiger partial charge is 0.508 e. The Morgan fingerprint density at radius 3 is 2.44 bits per heavy atom. The third kappa shape index (κ3) is 2.37. The molecule has 0 atom stereocenters. The highest BCUT2D eigenvalue weighted by molar-refractivity contribution is 5.90. The first-order valence-electron chi connectivity index (χ1n) is 6.02. The van der Waals surface area contributed by atoms with E-state index < -0.39 is 5.41 Å². The fourth-order valence-electron chi connectivity index (χ4n) is 2.44. The van der Waals surface area contributed by atoms with E-state index in [9.17, 15) is 14.7 Å². The molecular weight excluding hydrogens is 232 g/mol. The van der Waals surface area contributed by atoms with Crippen LogP contribution in [0.1, 0.15) is 31.7 Å². The van der Waals surface area contributed by atoms with Crippen molar-refractivity contribution in [1.82, 2.24) is 0 Å². The molecule has 0 bridgehead atoms. The van der Waals surface area contributed by atoms with E-state index in [4.69, 9.17) is 4.74 Å². The summed E-state index contributed by atoms with van der Waals surface area (Å²) in [5, 5.41) is 9.27. The van der Waals surface area contributed by atoms with Gasteiger partial charge in [0.25, 0.3) is 0 Å². The minimum Gasteiger partial charge on any atom is -0.508 e. The Bertz CT molecular complexity index is 453. The van der Waals surface area contributed by atoms with E-state index >= 15 is 0 Å². The zero-order valence-electron chi connectivity index (χ0n) is 10.3. The molecular formula is C14H16O4. The van der Waals surface area contributed by atoms with Crippen molar-refractivity contribution in [1.29, 1.82) is 0 Å². The van der Waals surface area contributed by atoms with Crippen LogP contribution >= 0.6 is 0 Å². The SMILES string of the molecule is CCOC(=O)CC1(c2ccc(O)cc2)CC(=O)C1. The number of Topliss-reactive ketones (excluding diaryl/α,β-unsaturated/α-hetero) is 1. The summed E-state index contributed by atoms with van der Waals surface area (Å²) in [6, 6.07) is 6.68. The summed E-state index contributed by atoms with van der Waals surface area (Å²) in [7, 11) is 0. The van der Waals surface area contributed by atoms with Gasteiger partial charge >= 0.3 is 5.97 Å². The number of aromatic hydroxyl groups is 1. The number of carbonyl (C=O) groups is 2. The number of phenolic OH excluding ortho intramolecular Hbond substituents is 1. The highest BCUT2D eigenvalue weighted by atomic mass is 16.5. The first-order chi connectivity index (χ1) is 8.55. The topological polar surface area (TPSA) is 63.6 Å². The number of benzene rings is 1. The molecule has 0 heterocycles. The van der Waals surface area contributed by atoms with Crippen LogP contribution in [0.4, 0.5) is 0 Å². The number of carbonyl (C=O) groups excluding carboxylic acids is 2. The average Bonchev–Trinajstić information content (AvgIpc) is 2.27. The molecule has 2 rings (SSSR count). The monoisotopic (exact) mass is 248 g/mol. The van der Waals surface area contributed by atoms with Crippen molar-refractivity contribution in [3.63, 3.8) is 0 Å². The Morgan fingerprint density at radius 2 is 1.94 bits per heavy atom. The molecule has 0 radical (unpaired) electrons. The quantitative estimate of drug-likeness (QED) is 0.827. The van der Waals surface area contributed by atoms with Crippen molar-refractivity contribution in [2.24, 2.45) is 0 Å². The minimum atomic E-state index is -0.433. The smallest absolute Gasteiger partial charge is 0.306 e. The van der Waals surface area contributed by atoms with Gasteiger partial charge in [0.15, 0.2) is 0 Å². The summed E-state index contributed by atoms with van der Waals surface area (Å²) >= 11 is 0. The van der Waals surface area contributed by atoms with Crippen LogP contribution in [-0.4, -0.2) is 23.5 Å². The van der Waals surface area contributed by atoms with Crippen LogP contribution in [0.5, 0.6) is 5.75 Å². The molecule has 1 aliphatic rings. The Kier molecular flexibility index (Phi) is 3.36. The molecule has 4 heteroatoms. The number of ketones is 1. The van der Waals surface area contributed by atoms with Gasteiger partial charge in [-0.1, -0.05) is 12.1 Å². The Balaban J connectivity index is 2.19. The maximum absolute atomic E-state index is 11.6. The minimum absolute atomic E-state index is 0.160. The van der Waals surface area contributed by atoms with Gasteiger partial charge in [0.2, 0.25) is 0 Å². The molecule has 0 aliphatic heterocycles. The fourth-order valence-corrected chi connectivity index (χ4v) is 2.44. The summed E-state index contributed by atoms with van der Waals surface area (Å²) < 4.78 is 4.95. The van der Waals surface area contributed by atoms with Crippen molar-refractivity contribution in [2.45, 2.75) is 31.6 Å². The average molecular weight is 248 g/mol. The second-order valence-corrected chi connectivity index (χ2v) is 4.70. The third-order valence-corrected chi connectivity index (χ3v) is 3.34. The van der Waals surface area contributed by atoms with Gasteiger partial charge in [-0.3, -0.25) is 9.59 Å². The Morgan fingerprint density at radius 1 is 1.33 bits per heavy atom. The first kappa shape index (κ1) is 12.6. The number of esters is 1. The zero-order valence-corrected chi connectivity index (χ0v) is 10.3. The summed E-state index contributed by atoms with van der Waals surface area (Å²) in [6.45, 7) is 2.11. The van der Waals surface area contributed by atoms with Crippen LogP contribution in [0.25, 0.3) is 0 Å². The van der Waals surface area contributed by atoms with Gasteiger partial charge in [0.05, 0.1) is 13.0 Å². The predicted molar refractivity (Wildman–Crippen MR) is 65.3 cm³/mol. The summed E-state index contributed by atoms with van der Waals surface area (Å²) in [5.41, 5.74) is 0.477. The summed E-state index contributed by atoms with van der Waals surface area (Å²) in [4.78, 5) is 22.9. The second-order valence-electron chi connectivity index (χ2n) is 4.70. The molecule has 18 heavy (non-hydrogen) atoms. The van der Waals surface area contributed by atoms with Gasteiger partial charge in [-0.05, 0) is 24.6 Å². The standard InChI is InChI=1S/C14H16O4/c1-2-18-13(17)9-14(7-12(16)8-14)10-3-5-11(15)6-4-10/h3-6,15H,2,7-9H2,1H3. The van der Waals surface area contributed by atoms with Crippen LogP contribution in [0, 0.1) is 0 Å². The number of hydrogen-bond donors (Lipinski definition) is 1. The number of hydrogen-bond acceptors (Lipinski definition) is 4. The maximum atomic E-state index is 11.6. The van der Waals surface area contributed by atoms with Gasteiger partial charge < -0.3 is 9.84 Å². The van der Waals surface area contributed by atoms with Crippen molar-refractivity contribution < 1.29 is 19.4 Å². The van der Waals surface area contributed by atoms with Crippen molar-refractivity contribution in [3.05, 3.63) is 29.8 Å². The van der Waals surface area contributed by atoms with Gasteiger partial charge in [-0.25, -0.2) is 0 Å². The molecule has 1 aromatic carbocycles. The lowest BCUT2D eigenvalue weighted by Gasteiger charge is -2.40. The molecule has 0 aromatic heterocycles. The molecule has 96 valence electrons. The Labute approximate surface area is 106 Å². The van der Waals surface area contributed by atoms with Crippen molar-refractivity contribution in [2.75, 3.05) is 6.61 Å². The molecule has 0 saturated heterocycles. The third-order valence-electron chi connectivity index (χ3n) is 3.34. The highest BCUT2D eigenvalue weighted by Crippen LogP contribution is 2.44. The summed E-state index contributed by atoms with van der Waals surface area (Å²) in [5.74, 6) is 0.0566. The van der Waals surface area contributed by atoms with E-state index in [1.807, 2.05) is 0 Å². The lowest BCUT2D eigenvalue weighted by atomic mass is 9.62. The van der Waals surface area contributed by atoms with Crippen LogP contribution in [0.2, 0.25) is 0 Å². The first-order valence-corrected chi connectivity index (χ1v) is 6.02. The highest BCUT2D eigenvalue weighted by Gasteiger charge is 2.46. The van der Waals surface area contributed by atoms with Crippen LogP contribution in [0.15, 0.2) is 24.3 Å². The molecule has 0 amide bonds. The second kappa shape index (κ2) is 4.80. The van der Waals surface area contributed by atoms with Crippen LogP contribution in [-0.2, 0) is 19.7 Å². The normalized spacial score (nSPS) is 17.1. The van der Waals surface area contributed by atoms with Gasteiger partial charge in [-0.2, -0.15) is 0 Å². The van der Waals surface area contributed by atoms with Crippen LogP contribution < -0.4 is 0 Å². The molecule has 1 aromatic rings. The maximum Gasteiger partial charge on any atom is 0.306 e. The number of rotatable bonds is 4. The van der Waals surface area contributed by atoms with Gasteiger partial charge in [0, 0.05) is 18.3 Å². The van der Waals surface area contributed by atoms with E-state index in [1.165, 1.54) is 0 Å². The molecule has 0 spiro atoms. The van der Waals surface area contributed by atoms with E-state index in [2.05, 4.69) is 0 Å². The van der Waals surface area contributed by atoms with Gasteiger partial charge in [0.1, 0.15) is 11.5 Å². The van der Waals surface area contributed by atoms with E-state index in [-0.39, 0.29) is 23.9 Å². The molecule has 1 N–H and O–H groups in total. The van der Waals surface area contributed by atoms with E-state index in [0.29, 0.717) is 19.4 Å². The number of ether oxygens (including phenoxy) is 1. The molecule has 1 fully saturated rings. The fraction of sp³-hybridized carbons (Fsp3) is 0.429. The van der Waals surface area contributed by atoms with Crippen molar-refractivity contribution in [3.8, 4) is 5.75 Å². The van der Waals surface area contributed by atoms with Crippen LogP contribution in [0.3, 0.4) is 0 Å². The predicted octanol–water partition coefficient (Wildman–Crippen LogP) is 1.95. The molecule has 1 saturated carbocycles. The van der Waals surface area contributed by atoms with E-state index in [0.717, 1.165) is 5.56 Å². The summed E-state index contributed by atoms with van der Waals surface area (Å²) in [6.07, 6.45) is 0.963. The molecule has 0 unspecified atom stereocenters. The lowest BCUT2D eigenvalue weighted by molar-refractivity contribution is -0.147. The van der Waals surface area contributed by atoms with Gasteiger partial charge in [-0.15, -0.1) is 0 Å². The zero-order chi connectivity index (χ0) is 13.2. The Hall–Kier alpha value is -1.84. The lowest BCUT2D eigenvalue weighted by Crippen LogP contribution is -2.43. The number of phenols is 1.